The molecule has 0 bridgehead atoms. The first-order valence-corrected chi connectivity index (χ1v) is 7.11. The topological polar surface area (TPSA) is 50.4 Å². The number of morpholine rings is 1. The number of carbonyl (C=O) groups is 1. The number of nitrogens with one attached hydrogen (secondary N) is 2. The van der Waals surface area contributed by atoms with Crippen LogP contribution in [-0.2, 0) is 16.1 Å². The van der Waals surface area contributed by atoms with E-state index in [1.807, 2.05) is 0 Å². The van der Waals surface area contributed by atoms with Crippen molar-refractivity contribution in [2.75, 3.05) is 19.7 Å². The molecule has 5 heteroatoms. The molecular weight excluding hydrogens is 248 g/mol. The fourth-order valence-corrected chi connectivity index (χ4v) is 2.95. The van der Waals surface area contributed by atoms with Crippen LogP contribution in [0.25, 0.3) is 0 Å². The first-order valence-electron chi connectivity index (χ1n) is 6.30. The Bertz CT molecular complexity index is 392. The number of rotatable bonds is 4. The van der Waals surface area contributed by atoms with Crippen LogP contribution in [0.5, 0.6) is 0 Å². The van der Waals surface area contributed by atoms with E-state index in [-0.39, 0.29) is 12.0 Å². The molecule has 0 aromatic carbocycles. The summed E-state index contributed by atoms with van der Waals surface area (Å²) in [5, 5.41) is 6.17. The van der Waals surface area contributed by atoms with Gasteiger partial charge in [-0.05, 0) is 25.5 Å². The van der Waals surface area contributed by atoms with Gasteiger partial charge in [0.25, 0.3) is 0 Å². The van der Waals surface area contributed by atoms with E-state index in [4.69, 9.17) is 4.74 Å². The monoisotopic (exact) mass is 268 g/mol. The second-order valence-electron chi connectivity index (χ2n) is 4.63. The summed E-state index contributed by atoms with van der Waals surface area (Å²) in [4.78, 5) is 14.3. The maximum Gasteiger partial charge on any atom is 0.222 e. The van der Waals surface area contributed by atoms with Gasteiger partial charge in [0.2, 0.25) is 5.91 Å². The van der Waals surface area contributed by atoms with Crippen LogP contribution >= 0.6 is 11.3 Å². The summed E-state index contributed by atoms with van der Waals surface area (Å²) in [6.45, 7) is 7.17. The lowest BCUT2D eigenvalue weighted by molar-refractivity contribution is -0.124. The molecule has 0 radical (unpaired) electrons. The molecule has 1 aromatic rings. The van der Waals surface area contributed by atoms with Crippen LogP contribution in [0.3, 0.4) is 0 Å². The van der Waals surface area contributed by atoms with Crippen LogP contribution in [0.1, 0.15) is 21.7 Å². The van der Waals surface area contributed by atoms with Crippen LogP contribution in [-0.4, -0.2) is 31.7 Å². The second kappa shape index (κ2) is 6.31. The zero-order valence-corrected chi connectivity index (χ0v) is 11.7. The van der Waals surface area contributed by atoms with Crippen LogP contribution in [0.2, 0.25) is 0 Å². The Morgan fingerprint density at radius 1 is 1.61 bits per heavy atom. The highest BCUT2D eigenvalue weighted by atomic mass is 32.1. The van der Waals surface area contributed by atoms with Gasteiger partial charge in [0.05, 0.1) is 25.7 Å². The SMILES string of the molecule is Cc1cc(CNC(=O)CC2CNCCO2)sc1C. The Morgan fingerprint density at radius 3 is 3.06 bits per heavy atom. The van der Waals surface area contributed by atoms with Crippen LogP contribution in [0.4, 0.5) is 0 Å². The molecule has 1 aromatic heterocycles. The maximum atomic E-state index is 11.8. The highest BCUT2D eigenvalue weighted by Gasteiger charge is 2.17. The van der Waals surface area contributed by atoms with E-state index in [0.29, 0.717) is 19.6 Å². The van der Waals surface area contributed by atoms with E-state index in [1.54, 1.807) is 11.3 Å². The van der Waals surface area contributed by atoms with E-state index in [1.165, 1.54) is 15.3 Å². The number of ether oxygens (including phenoxy) is 1. The standard InChI is InChI=1S/C13H20N2O2S/c1-9-5-12(18-10(9)2)8-15-13(16)6-11-7-14-3-4-17-11/h5,11,14H,3-4,6-8H2,1-2H3,(H,15,16). The van der Waals surface area contributed by atoms with Gasteiger partial charge in [-0.1, -0.05) is 0 Å². The van der Waals surface area contributed by atoms with Crippen molar-refractivity contribution in [3.05, 3.63) is 21.4 Å². The summed E-state index contributed by atoms with van der Waals surface area (Å²) in [6, 6.07) is 2.14. The first kappa shape index (κ1) is 13.5. The van der Waals surface area contributed by atoms with Crippen molar-refractivity contribution >= 4 is 17.2 Å². The highest BCUT2D eigenvalue weighted by molar-refractivity contribution is 7.12. The fourth-order valence-electron chi connectivity index (χ4n) is 1.95. The predicted molar refractivity (Wildman–Crippen MR) is 72.9 cm³/mol. The van der Waals surface area contributed by atoms with Gasteiger partial charge in [0, 0.05) is 22.8 Å². The van der Waals surface area contributed by atoms with E-state index in [0.717, 1.165) is 13.1 Å². The Labute approximate surface area is 112 Å². The molecule has 1 aliphatic rings. The van der Waals surface area contributed by atoms with Crippen molar-refractivity contribution in [2.24, 2.45) is 0 Å². The normalized spacial score (nSPS) is 19.8. The number of hydrogen-bond acceptors (Lipinski definition) is 4. The molecule has 0 spiro atoms. The third kappa shape index (κ3) is 3.80. The Hall–Kier alpha value is -0.910. The minimum Gasteiger partial charge on any atom is -0.375 e. The Kier molecular flexibility index (Phi) is 4.74. The lowest BCUT2D eigenvalue weighted by atomic mass is 10.2. The summed E-state index contributed by atoms with van der Waals surface area (Å²) in [7, 11) is 0. The van der Waals surface area contributed by atoms with Gasteiger partial charge in [0.1, 0.15) is 0 Å². The number of aryl methyl sites for hydroxylation is 2. The summed E-state index contributed by atoms with van der Waals surface area (Å²) in [5.41, 5.74) is 1.30. The smallest absolute Gasteiger partial charge is 0.222 e. The summed E-state index contributed by atoms with van der Waals surface area (Å²) >= 11 is 1.74. The number of thiophene rings is 1. The third-order valence-electron chi connectivity index (χ3n) is 3.09. The molecule has 0 saturated carbocycles. The molecule has 1 aliphatic heterocycles. The lowest BCUT2D eigenvalue weighted by Gasteiger charge is -2.22. The van der Waals surface area contributed by atoms with E-state index in [2.05, 4.69) is 30.5 Å². The average Bonchev–Trinajstić information content (AvgIpc) is 2.68. The van der Waals surface area contributed by atoms with Gasteiger partial charge in [-0.25, -0.2) is 0 Å². The minimum absolute atomic E-state index is 0.0190. The molecule has 1 fully saturated rings. The molecule has 18 heavy (non-hydrogen) atoms. The van der Waals surface area contributed by atoms with E-state index >= 15 is 0 Å². The lowest BCUT2D eigenvalue weighted by Crippen LogP contribution is -2.41. The van der Waals surface area contributed by atoms with Crippen molar-refractivity contribution in [1.29, 1.82) is 0 Å². The minimum atomic E-state index is 0.0190. The number of hydrogen-bond donors (Lipinski definition) is 2. The molecule has 2 heterocycles. The molecular formula is C13H20N2O2S. The molecule has 1 unspecified atom stereocenters. The first-order chi connectivity index (χ1) is 8.65. The van der Waals surface area contributed by atoms with Gasteiger partial charge in [-0.3, -0.25) is 4.79 Å². The van der Waals surface area contributed by atoms with E-state index in [9.17, 15) is 4.79 Å². The molecule has 1 atom stereocenters. The van der Waals surface area contributed by atoms with Crippen molar-refractivity contribution in [3.8, 4) is 0 Å². The predicted octanol–water partition coefficient (Wildman–Crippen LogP) is 1.36. The fraction of sp³-hybridized carbons (Fsp3) is 0.615. The molecule has 1 amide bonds. The van der Waals surface area contributed by atoms with Gasteiger partial charge < -0.3 is 15.4 Å². The quantitative estimate of drug-likeness (QED) is 0.867. The average molecular weight is 268 g/mol. The molecule has 100 valence electrons. The largest absolute Gasteiger partial charge is 0.375 e. The Morgan fingerprint density at radius 2 is 2.44 bits per heavy atom. The third-order valence-corrected chi connectivity index (χ3v) is 4.25. The van der Waals surface area contributed by atoms with Gasteiger partial charge >= 0.3 is 0 Å². The van der Waals surface area contributed by atoms with Gasteiger partial charge in [0.15, 0.2) is 0 Å². The summed E-state index contributed by atoms with van der Waals surface area (Å²) in [6.07, 6.45) is 0.460. The van der Waals surface area contributed by atoms with Crippen LogP contribution < -0.4 is 10.6 Å². The summed E-state index contributed by atoms with van der Waals surface area (Å²) < 4.78 is 5.50. The Balaban J connectivity index is 1.74. The highest BCUT2D eigenvalue weighted by Crippen LogP contribution is 2.20. The van der Waals surface area contributed by atoms with Crippen LogP contribution in [0, 0.1) is 13.8 Å². The number of carbonyl (C=O) groups excluding carboxylic acids is 1. The van der Waals surface area contributed by atoms with Gasteiger partial charge in [-0.2, -0.15) is 0 Å². The second-order valence-corrected chi connectivity index (χ2v) is 5.97. The molecule has 2 rings (SSSR count). The zero-order chi connectivity index (χ0) is 13.0. The molecule has 2 N–H and O–H groups in total. The molecule has 0 aliphatic carbocycles. The van der Waals surface area contributed by atoms with Crippen molar-refractivity contribution in [2.45, 2.75) is 32.9 Å². The maximum absolute atomic E-state index is 11.8. The van der Waals surface area contributed by atoms with Crippen molar-refractivity contribution in [3.63, 3.8) is 0 Å². The zero-order valence-electron chi connectivity index (χ0n) is 10.9. The van der Waals surface area contributed by atoms with E-state index < -0.39 is 0 Å². The molecule has 1 saturated heterocycles. The molecule has 4 nitrogen and oxygen atoms in total. The number of amides is 1. The van der Waals surface area contributed by atoms with Gasteiger partial charge in [-0.15, -0.1) is 11.3 Å². The van der Waals surface area contributed by atoms with Crippen LogP contribution in [0.15, 0.2) is 6.07 Å². The van der Waals surface area contributed by atoms with Crippen molar-refractivity contribution < 1.29 is 9.53 Å². The van der Waals surface area contributed by atoms with Crippen molar-refractivity contribution in [1.82, 2.24) is 10.6 Å². The summed E-state index contributed by atoms with van der Waals surface area (Å²) in [5.74, 6) is 0.0624.